The summed E-state index contributed by atoms with van der Waals surface area (Å²) in [7, 11) is 0. The Bertz CT molecular complexity index is 884. The van der Waals surface area contributed by atoms with Crippen LogP contribution in [0.15, 0.2) is 12.3 Å². The second-order valence-electron chi connectivity index (χ2n) is 7.36. The molecule has 0 amide bonds. The number of nitrogens with zero attached hydrogens (tertiary/aromatic N) is 4. The third kappa shape index (κ3) is 3.23. The molecule has 2 aromatic heterocycles. The predicted octanol–water partition coefficient (Wildman–Crippen LogP) is 3.47. The zero-order valence-corrected chi connectivity index (χ0v) is 16.1. The molecule has 1 atom stereocenters. The molecule has 4 rings (SSSR count). The normalized spacial score (nSPS) is 24.4. The summed E-state index contributed by atoms with van der Waals surface area (Å²) in [5.41, 5.74) is -1.02. The van der Waals surface area contributed by atoms with Crippen LogP contribution in [0, 0.1) is 0 Å². The molecule has 0 bridgehead atoms. The van der Waals surface area contributed by atoms with Gasteiger partial charge in [-0.15, -0.1) is 10.2 Å². The molecule has 0 unspecified atom stereocenters. The first-order chi connectivity index (χ1) is 12.7. The van der Waals surface area contributed by atoms with E-state index >= 15 is 0 Å². The number of aliphatic hydroxyl groups excluding tert-OH is 1. The van der Waals surface area contributed by atoms with Crippen molar-refractivity contribution in [3.63, 3.8) is 0 Å². The zero-order valence-electron chi connectivity index (χ0n) is 14.6. The Hall–Kier alpha value is -1.32. The van der Waals surface area contributed by atoms with Crippen molar-refractivity contribution in [1.82, 2.24) is 19.7 Å². The van der Waals surface area contributed by atoms with Crippen molar-refractivity contribution in [3.05, 3.63) is 40.2 Å². The van der Waals surface area contributed by atoms with Gasteiger partial charge in [0.05, 0.1) is 28.3 Å². The molecule has 2 aromatic rings. The first-order valence-electron chi connectivity index (χ1n) is 8.59. The number of aliphatic hydroxyl groups is 1. The highest BCUT2D eigenvalue weighted by molar-refractivity contribution is 8.00. The van der Waals surface area contributed by atoms with Gasteiger partial charge in [-0.3, -0.25) is 4.98 Å². The van der Waals surface area contributed by atoms with Crippen molar-refractivity contribution in [2.45, 2.75) is 49.1 Å². The highest BCUT2D eigenvalue weighted by atomic mass is 35.5. The number of thioether (sulfide) groups is 1. The predicted molar refractivity (Wildman–Crippen MR) is 95.9 cm³/mol. The van der Waals surface area contributed by atoms with Gasteiger partial charge in [-0.1, -0.05) is 11.6 Å². The maximum absolute atomic E-state index is 12.9. The number of alkyl halides is 3. The van der Waals surface area contributed by atoms with Crippen molar-refractivity contribution in [1.29, 1.82) is 0 Å². The fourth-order valence-electron chi connectivity index (χ4n) is 3.56. The Kier molecular flexibility index (Phi) is 4.47. The second kappa shape index (κ2) is 6.35. The van der Waals surface area contributed by atoms with Crippen molar-refractivity contribution in [2.75, 3.05) is 12.4 Å². The number of aromatic nitrogens is 4. The summed E-state index contributed by atoms with van der Waals surface area (Å²) in [5.74, 6) is 2.27. The summed E-state index contributed by atoms with van der Waals surface area (Å²) in [6.45, 7) is 2.71. The largest absolute Gasteiger partial charge is 0.417 e. The maximum atomic E-state index is 12.9. The second-order valence-corrected chi connectivity index (χ2v) is 9.45. The smallest absolute Gasteiger partial charge is 0.395 e. The monoisotopic (exact) mass is 418 g/mol. The summed E-state index contributed by atoms with van der Waals surface area (Å²) in [5, 5.41) is 18.4. The summed E-state index contributed by atoms with van der Waals surface area (Å²) in [6.07, 6.45) is -1.64. The number of halogens is 4. The minimum Gasteiger partial charge on any atom is -0.395 e. The van der Waals surface area contributed by atoms with E-state index in [0.29, 0.717) is 37.3 Å². The molecular weight excluding hydrogens is 401 g/mol. The number of hydrogen-bond acceptors (Lipinski definition) is 5. The lowest BCUT2D eigenvalue weighted by atomic mass is 9.99. The highest BCUT2D eigenvalue weighted by Crippen LogP contribution is 2.54. The van der Waals surface area contributed by atoms with Crippen LogP contribution in [-0.2, 0) is 24.6 Å². The van der Waals surface area contributed by atoms with Gasteiger partial charge in [0, 0.05) is 29.7 Å². The van der Waals surface area contributed by atoms with Gasteiger partial charge in [0.2, 0.25) is 0 Å². The molecule has 5 nitrogen and oxygen atoms in total. The minimum absolute atomic E-state index is 0.00266. The zero-order chi connectivity index (χ0) is 19.4. The summed E-state index contributed by atoms with van der Waals surface area (Å²) < 4.78 is 40.4. The Morgan fingerprint density at radius 2 is 2.07 bits per heavy atom. The highest BCUT2D eigenvalue weighted by Gasteiger charge is 2.53. The van der Waals surface area contributed by atoms with E-state index in [4.69, 9.17) is 11.6 Å². The van der Waals surface area contributed by atoms with E-state index in [0.717, 1.165) is 23.8 Å². The van der Waals surface area contributed by atoms with Gasteiger partial charge in [-0.05, 0) is 25.8 Å². The van der Waals surface area contributed by atoms with Crippen LogP contribution in [0.5, 0.6) is 0 Å². The van der Waals surface area contributed by atoms with E-state index in [9.17, 15) is 18.3 Å². The molecule has 1 saturated carbocycles. The summed E-state index contributed by atoms with van der Waals surface area (Å²) >= 11 is 7.89. The van der Waals surface area contributed by atoms with Crippen molar-refractivity contribution < 1.29 is 18.3 Å². The third-order valence-corrected chi connectivity index (χ3v) is 6.90. The van der Waals surface area contributed by atoms with E-state index in [1.807, 2.05) is 11.5 Å². The molecule has 3 heterocycles. The van der Waals surface area contributed by atoms with Gasteiger partial charge in [0.1, 0.15) is 11.6 Å². The van der Waals surface area contributed by atoms with Crippen LogP contribution in [0.4, 0.5) is 13.2 Å². The fourth-order valence-corrected chi connectivity index (χ4v) is 5.00. The molecule has 0 spiro atoms. The SMILES string of the molecule is C[C@]1(CO)Cc2nnc(C3(c4ncc(C(F)(F)F)cc4Cl)CC3)n2CCS1. The van der Waals surface area contributed by atoms with E-state index in [2.05, 4.69) is 15.2 Å². The average molecular weight is 419 g/mol. The van der Waals surface area contributed by atoms with E-state index in [1.54, 1.807) is 11.8 Å². The van der Waals surface area contributed by atoms with Gasteiger partial charge in [0.15, 0.2) is 0 Å². The van der Waals surface area contributed by atoms with Crippen LogP contribution < -0.4 is 0 Å². The molecule has 0 radical (unpaired) electrons. The standard InChI is InChI=1S/C17H18ClF3N4OS/c1-15(9-26)7-12-23-24-14(25(12)4-5-27-15)16(2-3-16)13-11(18)6-10(8-22-13)17(19,20)21/h6,8,26H,2-5,7,9H2,1H3/t15-/m1/s1. The Morgan fingerprint density at radius 1 is 1.33 bits per heavy atom. The molecule has 0 aromatic carbocycles. The molecule has 27 heavy (non-hydrogen) atoms. The lowest BCUT2D eigenvalue weighted by Gasteiger charge is -2.23. The topological polar surface area (TPSA) is 63.8 Å². The lowest BCUT2D eigenvalue weighted by molar-refractivity contribution is -0.137. The lowest BCUT2D eigenvalue weighted by Crippen LogP contribution is -2.28. The molecule has 146 valence electrons. The summed E-state index contributed by atoms with van der Waals surface area (Å²) in [6, 6.07) is 0.933. The van der Waals surface area contributed by atoms with Gasteiger partial charge in [0.25, 0.3) is 0 Å². The Labute approximate surface area is 163 Å². The van der Waals surface area contributed by atoms with Gasteiger partial charge >= 0.3 is 6.18 Å². The molecular formula is C17H18ClF3N4OS. The van der Waals surface area contributed by atoms with Gasteiger partial charge < -0.3 is 9.67 Å². The van der Waals surface area contributed by atoms with Crippen LogP contribution in [0.1, 0.15) is 42.7 Å². The molecule has 10 heteroatoms. The third-order valence-electron chi connectivity index (χ3n) is 5.26. The molecule has 1 N–H and O–H groups in total. The number of hydrogen-bond donors (Lipinski definition) is 1. The van der Waals surface area contributed by atoms with Crippen molar-refractivity contribution in [2.24, 2.45) is 0 Å². The van der Waals surface area contributed by atoms with Gasteiger partial charge in [-0.2, -0.15) is 24.9 Å². The first-order valence-corrected chi connectivity index (χ1v) is 9.95. The minimum atomic E-state index is -4.48. The van der Waals surface area contributed by atoms with Crippen LogP contribution in [-0.4, -0.2) is 42.0 Å². The summed E-state index contributed by atoms with van der Waals surface area (Å²) in [4.78, 5) is 4.07. The van der Waals surface area contributed by atoms with Crippen molar-refractivity contribution >= 4 is 23.4 Å². The number of rotatable bonds is 3. The number of fused-ring (bicyclic) bond motifs is 1. The molecule has 1 fully saturated rings. The fraction of sp³-hybridized carbons (Fsp3) is 0.588. The first kappa shape index (κ1) is 19.0. The number of pyridine rings is 1. The van der Waals surface area contributed by atoms with Crippen LogP contribution in [0.25, 0.3) is 0 Å². The average Bonchev–Trinajstić information content (AvgIpc) is 3.34. The van der Waals surface area contributed by atoms with E-state index in [-0.39, 0.29) is 16.4 Å². The van der Waals surface area contributed by atoms with Crippen LogP contribution in [0.3, 0.4) is 0 Å². The quantitative estimate of drug-likeness (QED) is 0.827. The van der Waals surface area contributed by atoms with Crippen molar-refractivity contribution in [3.8, 4) is 0 Å². The molecule has 0 saturated heterocycles. The Morgan fingerprint density at radius 3 is 2.67 bits per heavy atom. The molecule has 1 aliphatic heterocycles. The Balaban J connectivity index is 1.73. The maximum Gasteiger partial charge on any atom is 0.417 e. The van der Waals surface area contributed by atoms with Crippen LogP contribution in [0.2, 0.25) is 5.02 Å². The molecule has 2 aliphatic rings. The van der Waals surface area contributed by atoms with Crippen LogP contribution >= 0.6 is 23.4 Å². The molecule has 1 aliphatic carbocycles. The van der Waals surface area contributed by atoms with E-state index < -0.39 is 17.2 Å². The van der Waals surface area contributed by atoms with E-state index in [1.165, 1.54) is 0 Å². The van der Waals surface area contributed by atoms with Gasteiger partial charge in [-0.25, -0.2) is 0 Å².